The van der Waals surface area contributed by atoms with Crippen LogP contribution in [-0.4, -0.2) is 51.9 Å². The van der Waals surface area contributed by atoms with Crippen LogP contribution in [0.2, 0.25) is 0 Å². The standard InChI is InChI=1S/C34H34F2N4O2S/c1-21-13-15-38(16-14-21)29(41)19-39-30(42)20-43-33(26-11-10-25(35)18-27(26)36)31-32(24-7-5-4-6-8-24)37-40(34(31)39)28-12-9-22(2)17-23(28)3/h4-12,17-18,21,33H,13-16,19-20H2,1-3H3/t33-/m0/s1. The van der Waals surface area contributed by atoms with Crippen molar-refractivity contribution in [2.45, 2.75) is 38.9 Å². The average Bonchev–Trinajstić information content (AvgIpc) is 3.30. The molecule has 6 rings (SSSR count). The van der Waals surface area contributed by atoms with Crippen molar-refractivity contribution in [2.75, 3.05) is 30.3 Å². The molecular weight excluding hydrogens is 566 g/mol. The van der Waals surface area contributed by atoms with Crippen LogP contribution in [0.3, 0.4) is 0 Å². The Morgan fingerprint density at radius 3 is 2.44 bits per heavy atom. The number of hydrogen-bond acceptors (Lipinski definition) is 4. The maximum absolute atomic E-state index is 15.5. The van der Waals surface area contributed by atoms with Crippen molar-refractivity contribution in [2.24, 2.45) is 5.92 Å². The Labute approximate surface area is 254 Å². The molecule has 3 heterocycles. The number of aryl methyl sites for hydroxylation is 2. The van der Waals surface area contributed by atoms with E-state index in [1.54, 1.807) is 4.68 Å². The van der Waals surface area contributed by atoms with Crippen molar-refractivity contribution in [3.63, 3.8) is 0 Å². The molecule has 222 valence electrons. The van der Waals surface area contributed by atoms with Crippen LogP contribution in [0.5, 0.6) is 0 Å². The number of hydrogen-bond donors (Lipinski definition) is 0. The second-order valence-electron chi connectivity index (χ2n) is 11.6. The van der Waals surface area contributed by atoms with Gasteiger partial charge in [0, 0.05) is 35.8 Å². The summed E-state index contributed by atoms with van der Waals surface area (Å²) in [5.74, 6) is -0.750. The van der Waals surface area contributed by atoms with Crippen LogP contribution in [0.1, 0.15) is 47.3 Å². The molecule has 0 spiro atoms. The minimum absolute atomic E-state index is 0.0155. The summed E-state index contributed by atoms with van der Waals surface area (Å²) in [5, 5.41) is 4.41. The highest BCUT2D eigenvalue weighted by molar-refractivity contribution is 8.00. The lowest BCUT2D eigenvalue weighted by Crippen LogP contribution is -2.46. The van der Waals surface area contributed by atoms with Gasteiger partial charge < -0.3 is 4.90 Å². The first kappa shape index (κ1) is 29.1. The molecule has 0 radical (unpaired) electrons. The van der Waals surface area contributed by atoms with E-state index in [1.807, 2.05) is 67.3 Å². The molecule has 0 unspecified atom stereocenters. The van der Waals surface area contributed by atoms with Gasteiger partial charge in [0.1, 0.15) is 24.0 Å². The van der Waals surface area contributed by atoms with Gasteiger partial charge in [0.25, 0.3) is 0 Å². The Morgan fingerprint density at radius 1 is 1.00 bits per heavy atom. The molecule has 3 aromatic carbocycles. The quantitative estimate of drug-likeness (QED) is 0.251. The molecule has 0 aliphatic carbocycles. The highest BCUT2D eigenvalue weighted by Gasteiger charge is 2.39. The average molecular weight is 601 g/mol. The summed E-state index contributed by atoms with van der Waals surface area (Å²) in [4.78, 5) is 31.0. The predicted octanol–water partition coefficient (Wildman–Crippen LogP) is 6.86. The van der Waals surface area contributed by atoms with E-state index < -0.39 is 16.9 Å². The van der Waals surface area contributed by atoms with Gasteiger partial charge in [-0.3, -0.25) is 14.5 Å². The summed E-state index contributed by atoms with van der Waals surface area (Å²) in [6, 6.07) is 19.1. The van der Waals surface area contributed by atoms with E-state index in [-0.39, 0.29) is 29.7 Å². The minimum atomic E-state index is -0.693. The van der Waals surface area contributed by atoms with E-state index in [1.165, 1.54) is 28.8 Å². The zero-order valence-electron chi connectivity index (χ0n) is 24.5. The largest absolute Gasteiger partial charge is 0.341 e. The molecule has 1 aromatic heterocycles. The molecule has 0 bridgehead atoms. The van der Waals surface area contributed by atoms with Gasteiger partial charge in [-0.25, -0.2) is 13.5 Å². The summed E-state index contributed by atoms with van der Waals surface area (Å²) in [7, 11) is 0. The normalized spacial score (nSPS) is 17.6. The van der Waals surface area contributed by atoms with E-state index in [9.17, 15) is 14.0 Å². The first-order valence-electron chi connectivity index (χ1n) is 14.6. The van der Waals surface area contributed by atoms with E-state index >= 15 is 4.39 Å². The van der Waals surface area contributed by atoms with Crippen LogP contribution >= 0.6 is 11.8 Å². The number of carbonyl (C=O) groups is 2. The smallest absolute Gasteiger partial charge is 0.242 e. The fourth-order valence-corrected chi connectivity index (χ4v) is 7.21. The number of aromatic nitrogens is 2. The third-order valence-electron chi connectivity index (χ3n) is 8.39. The number of nitrogens with zero attached hydrogens (tertiary/aromatic N) is 4. The van der Waals surface area contributed by atoms with Crippen molar-refractivity contribution in [1.82, 2.24) is 14.7 Å². The fraction of sp³-hybridized carbons (Fsp3) is 0.324. The predicted molar refractivity (Wildman–Crippen MR) is 166 cm³/mol. The number of rotatable bonds is 5. The molecule has 1 atom stereocenters. The molecule has 2 aliphatic heterocycles. The number of likely N-dealkylation sites (tertiary alicyclic amines) is 1. The van der Waals surface area contributed by atoms with Crippen molar-refractivity contribution < 1.29 is 18.4 Å². The second kappa shape index (κ2) is 12.0. The zero-order valence-corrected chi connectivity index (χ0v) is 25.3. The first-order chi connectivity index (χ1) is 20.7. The summed E-state index contributed by atoms with van der Waals surface area (Å²) in [6.45, 7) is 7.33. The Balaban J connectivity index is 1.59. The number of carbonyl (C=O) groups excluding carboxylic acids is 2. The Kier molecular flexibility index (Phi) is 8.09. The first-order valence-corrected chi connectivity index (χ1v) is 15.7. The molecule has 4 aromatic rings. The lowest BCUT2D eigenvalue weighted by molar-refractivity contribution is -0.132. The lowest BCUT2D eigenvalue weighted by atomic mass is 9.98. The molecule has 43 heavy (non-hydrogen) atoms. The lowest BCUT2D eigenvalue weighted by Gasteiger charge is -2.32. The Hall–Kier alpha value is -3.98. The van der Waals surface area contributed by atoms with Gasteiger partial charge in [-0.2, -0.15) is 5.10 Å². The molecule has 0 N–H and O–H groups in total. The number of halogens is 2. The van der Waals surface area contributed by atoms with Gasteiger partial charge in [-0.15, -0.1) is 11.8 Å². The Morgan fingerprint density at radius 2 is 1.74 bits per heavy atom. The number of piperidine rings is 1. The molecule has 6 nitrogen and oxygen atoms in total. The number of amides is 2. The summed E-state index contributed by atoms with van der Waals surface area (Å²) in [5.41, 5.74) is 5.02. The summed E-state index contributed by atoms with van der Waals surface area (Å²) in [6.07, 6.45) is 1.84. The van der Waals surface area contributed by atoms with E-state index in [0.29, 0.717) is 36.1 Å². The van der Waals surface area contributed by atoms with Crippen LogP contribution in [-0.2, 0) is 9.59 Å². The zero-order chi connectivity index (χ0) is 30.2. The summed E-state index contributed by atoms with van der Waals surface area (Å²) < 4.78 is 31.2. The van der Waals surface area contributed by atoms with Crippen molar-refractivity contribution in [3.05, 3.63) is 101 Å². The van der Waals surface area contributed by atoms with E-state index in [2.05, 4.69) is 6.92 Å². The maximum atomic E-state index is 15.5. The van der Waals surface area contributed by atoms with Crippen molar-refractivity contribution in [1.29, 1.82) is 0 Å². The highest BCUT2D eigenvalue weighted by Crippen LogP contribution is 2.49. The molecule has 2 amide bonds. The monoisotopic (exact) mass is 600 g/mol. The van der Waals surface area contributed by atoms with Gasteiger partial charge in [-0.1, -0.05) is 61.0 Å². The van der Waals surface area contributed by atoms with Gasteiger partial charge in [-0.05, 0) is 50.3 Å². The van der Waals surface area contributed by atoms with Crippen molar-refractivity contribution in [3.8, 4) is 16.9 Å². The van der Waals surface area contributed by atoms with E-state index in [0.717, 1.165) is 41.3 Å². The van der Waals surface area contributed by atoms with Crippen LogP contribution in [0.4, 0.5) is 14.6 Å². The Bertz CT molecular complexity index is 1680. The molecule has 0 saturated carbocycles. The second-order valence-corrected chi connectivity index (χ2v) is 12.6. The topological polar surface area (TPSA) is 58.4 Å². The van der Waals surface area contributed by atoms with Gasteiger partial charge in [0.15, 0.2) is 0 Å². The molecular formula is C34H34F2N4O2S. The molecule has 2 aliphatic rings. The third-order valence-corrected chi connectivity index (χ3v) is 9.63. The van der Waals surface area contributed by atoms with Crippen LogP contribution in [0.25, 0.3) is 16.9 Å². The van der Waals surface area contributed by atoms with Crippen LogP contribution in [0.15, 0.2) is 66.7 Å². The maximum Gasteiger partial charge on any atom is 0.242 e. The number of benzene rings is 3. The number of anilines is 1. The third kappa shape index (κ3) is 5.70. The highest BCUT2D eigenvalue weighted by atomic mass is 32.2. The SMILES string of the molecule is Cc1ccc(-n2nc(-c3ccccc3)c3c2N(CC(=O)N2CCC(C)CC2)C(=O)CS[C@H]3c2ccc(F)cc2F)c(C)c1. The van der Waals surface area contributed by atoms with Crippen molar-refractivity contribution >= 4 is 29.4 Å². The molecule has 1 fully saturated rings. The van der Waals surface area contributed by atoms with Crippen LogP contribution < -0.4 is 4.90 Å². The fourth-order valence-electron chi connectivity index (χ4n) is 5.99. The van der Waals surface area contributed by atoms with E-state index in [4.69, 9.17) is 5.10 Å². The molecule has 9 heteroatoms. The van der Waals surface area contributed by atoms with Crippen LogP contribution in [0, 0.1) is 31.4 Å². The summed E-state index contributed by atoms with van der Waals surface area (Å²) >= 11 is 1.27. The molecule has 1 saturated heterocycles. The minimum Gasteiger partial charge on any atom is -0.341 e. The van der Waals surface area contributed by atoms with Gasteiger partial charge in [0.05, 0.1) is 22.4 Å². The van der Waals surface area contributed by atoms with Gasteiger partial charge >= 0.3 is 0 Å². The number of fused-ring (bicyclic) bond motifs is 1. The number of thioether (sulfide) groups is 1. The van der Waals surface area contributed by atoms with Gasteiger partial charge in [0.2, 0.25) is 11.8 Å².